The molecule has 0 bridgehead atoms. The number of pyridine rings is 1. The molecule has 0 aliphatic carbocycles. The first-order valence-electron chi connectivity index (χ1n) is 7.76. The van der Waals surface area contributed by atoms with Crippen LogP contribution in [0.5, 0.6) is 5.75 Å². The van der Waals surface area contributed by atoms with Gasteiger partial charge in [-0.2, -0.15) is 4.72 Å². The van der Waals surface area contributed by atoms with Crippen molar-refractivity contribution in [2.24, 2.45) is 0 Å². The largest absolute Gasteiger partial charge is 0.424 e. The van der Waals surface area contributed by atoms with E-state index in [-0.39, 0.29) is 16.3 Å². The number of nitro groups is 1. The summed E-state index contributed by atoms with van der Waals surface area (Å²) in [4.78, 5) is 23.8. The van der Waals surface area contributed by atoms with Gasteiger partial charge in [0.1, 0.15) is 12.0 Å². The van der Waals surface area contributed by atoms with Crippen molar-refractivity contribution in [1.82, 2.24) is 9.71 Å². The van der Waals surface area contributed by atoms with Gasteiger partial charge in [-0.3, -0.25) is 15.1 Å². The van der Waals surface area contributed by atoms with Crippen molar-refractivity contribution in [2.75, 3.05) is 6.29 Å². The fraction of sp³-hybridized carbons (Fsp3) is 0.0625. The minimum Gasteiger partial charge on any atom is -0.424 e. The van der Waals surface area contributed by atoms with E-state index in [1.807, 2.05) is 0 Å². The molecule has 1 heterocycles. The average Bonchev–Trinajstić information content (AvgIpc) is 2.66. The van der Waals surface area contributed by atoms with Gasteiger partial charge in [0.25, 0.3) is 5.69 Å². The van der Waals surface area contributed by atoms with Crippen LogP contribution < -0.4 is 9.25 Å². The smallest absolute Gasteiger partial charge is 0.391 e. The van der Waals surface area contributed by atoms with Crippen molar-refractivity contribution in [3.05, 3.63) is 71.0 Å². The fourth-order valence-corrected chi connectivity index (χ4v) is 5.13. The number of non-ortho nitro benzene ring substituents is 1. The zero-order valence-corrected chi connectivity index (χ0v) is 15.8. The summed E-state index contributed by atoms with van der Waals surface area (Å²) in [6.45, 7) is 0. The summed E-state index contributed by atoms with van der Waals surface area (Å²) in [5, 5.41) is 11.6. The lowest BCUT2D eigenvalue weighted by atomic mass is 10.2. The normalized spacial score (nSPS) is 13.8. The molecule has 3 aromatic rings. The molecular formula is C16H14N3O7PS. The van der Waals surface area contributed by atoms with Gasteiger partial charge in [0.2, 0.25) is 10.0 Å². The second-order valence-corrected chi connectivity index (χ2v) is 9.15. The summed E-state index contributed by atoms with van der Waals surface area (Å²) in [7, 11) is -8.51. The highest BCUT2D eigenvalue weighted by atomic mass is 32.2. The third-order valence-electron chi connectivity index (χ3n) is 3.68. The van der Waals surface area contributed by atoms with E-state index in [1.165, 1.54) is 30.6 Å². The SMILES string of the molecule is O=[N+]([O-])c1ccc(OP(=O)(O)CNS(=O)(=O)c2cccc3cnccc23)cc1. The molecule has 10 nitrogen and oxygen atoms in total. The molecule has 28 heavy (non-hydrogen) atoms. The molecule has 1 aromatic heterocycles. The zero-order chi connectivity index (χ0) is 20.4. The molecule has 0 fully saturated rings. The van der Waals surface area contributed by atoms with Crippen molar-refractivity contribution in [2.45, 2.75) is 4.90 Å². The third-order valence-corrected chi connectivity index (χ3v) is 6.41. The predicted octanol–water partition coefficient (Wildman–Crippen LogP) is 2.64. The molecule has 1 unspecified atom stereocenters. The van der Waals surface area contributed by atoms with Gasteiger partial charge in [0, 0.05) is 35.3 Å². The van der Waals surface area contributed by atoms with E-state index in [0.29, 0.717) is 10.8 Å². The first-order chi connectivity index (χ1) is 13.2. The number of hydrogen-bond acceptors (Lipinski definition) is 7. The summed E-state index contributed by atoms with van der Waals surface area (Å²) < 4.78 is 44.3. The number of hydrogen-bond donors (Lipinski definition) is 2. The molecule has 0 radical (unpaired) electrons. The van der Waals surface area contributed by atoms with Crippen molar-refractivity contribution < 1.29 is 27.3 Å². The topological polar surface area (TPSA) is 149 Å². The van der Waals surface area contributed by atoms with Gasteiger partial charge in [0.05, 0.1) is 9.82 Å². The van der Waals surface area contributed by atoms with E-state index in [1.54, 1.807) is 6.07 Å². The summed E-state index contributed by atoms with van der Waals surface area (Å²) >= 11 is 0. The summed E-state index contributed by atoms with van der Waals surface area (Å²) in [5.41, 5.74) is -0.216. The van der Waals surface area contributed by atoms with E-state index in [9.17, 15) is 28.0 Å². The third kappa shape index (κ3) is 4.52. The molecule has 0 aliphatic heterocycles. The van der Waals surface area contributed by atoms with Crippen LogP contribution in [0.3, 0.4) is 0 Å². The minimum absolute atomic E-state index is 0.0669. The van der Waals surface area contributed by atoms with Crippen LogP contribution in [-0.2, 0) is 14.6 Å². The predicted molar refractivity (Wildman–Crippen MR) is 100 cm³/mol. The Bertz CT molecular complexity index is 1180. The van der Waals surface area contributed by atoms with Crippen molar-refractivity contribution in [3.63, 3.8) is 0 Å². The van der Waals surface area contributed by atoms with Gasteiger partial charge in [-0.15, -0.1) is 0 Å². The number of sulfonamides is 1. The van der Waals surface area contributed by atoms with Gasteiger partial charge in [-0.1, -0.05) is 12.1 Å². The summed E-state index contributed by atoms with van der Waals surface area (Å²) in [6.07, 6.45) is 2.06. The molecule has 146 valence electrons. The Morgan fingerprint density at radius 1 is 1.18 bits per heavy atom. The van der Waals surface area contributed by atoms with Gasteiger partial charge in [-0.05, 0) is 24.3 Å². The molecule has 0 saturated carbocycles. The number of nitrogens with zero attached hydrogens (tertiary/aromatic N) is 2. The van der Waals surface area contributed by atoms with Gasteiger partial charge >= 0.3 is 7.60 Å². The van der Waals surface area contributed by atoms with E-state index in [0.717, 1.165) is 24.3 Å². The van der Waals surface area contributed by atoms with Crippen molar-refractivity contribution in [3.8, 4) is 5.75 Å². The van der Waals surface area contributed by atoms with Crippen LogP contribution in [0, 0.1) is 10.1 Å². The van der Waals surface area contributed by atoms with Crippen LogP contribution in [0.4, 0.5) is 5.69 Å². The second-order valence-electron chi connectivity index (χ2n) is 5.64. The quantitative estimate of drug-likeness (QED) is 0.335. The molecule has 3 rings (SSSR count). The number of fused-ring (bicyclic) bond motifs is 1. The van der Waals surface area contributed by atoms with Crippen LogP contribution in [0.2, 0.25) is 0 Å². The van der Waals surface area contributed by atoms with Crippen LogP contribution >= 0.6 is 7.60 Å². The maximum absolute atomic E-state index is 12.6. The maximum atomic E-state index is 12.6. The highest BCUT2D eigenvalue weighted by Crippen LogP contribution is 2.42. The Labute approximate surface area is 159 Å². The van der Waals surface area contributed by atoms with Gasteiger partial charge < -0.3 is 9.42 Å². The fourth-order valence-electron chi connectivity index (χ4n) is 2.40. The van der Waals surface area contributed by atoms with Crippen molar-refractivity contribution >= 4 is 34.1 Å². The van der Waals surface area contributed by atoms with E-state index in [2.05, 4.69) is 9.71 Å². The number of aromatic nitrogens is 1. The van der Waals surface area contributed by atoms with Crippen LogP contribution in [-0.4, -0.2) is 29.5 Å². The second kappa shape index (κ2) is 7.64. The lowest BCUT2D eigenvalue weighted by Crippen LogP contribution is -2.26. The van der Waals surface area contributed by atoms with Crippen LogP contribution in [0.1, 0.15) is 0 Å². The first kappa shape index (κ1) is 19.9. The number of nitro benzene ring substituents is 1. The number of nitrogens with one attached hydrogen (secondary N) is 1. The van der Waals surface area contributed by atoms with E-state index < -0.39 is 28.8 Å². The first-order valence-corrected chi connectivity index (χ1v) is 11.0. The monoisotopic (exact) mass is 423 g/mol. The lowest BCUT2D eigenvalue weighted by Gasteiger charge is -2.15. The lowest BCUT2D eigenvalue weighted by molar-refractivity contribution is -0.384. The molecule has 1 atom stereocenters. The molecular weight excluding hydrogens is 409 g/mol. The Hall–Kier alpha value is -2.85. The molecule has 2 aromatic carbocycles. The zero-order valence-electron chi connectivity index (χ0n) is 14.1. The molecule has 0 saturated heterocycles. The number of benzene rings is 2. The van der Waals surface area contributed by atoms with Crippen LogP contribution in [0.15, 0.2) is 65.8 Å². The van der Waals surface area contributed by atoms with E-state index in [4.69, 9.17) is 4.52 Å². The highest BCUT2D eigenvalue weighted by molar-refractivity contribution is 7.90. The number of rotatable bonds is 7. The van der Waals surface area contributed by atoms with Crippen molar-refractivity contribution in [1.29, 1.82) is 0 Å². The minimum atomic E-state index is -4.40. The Kier molecular flexibility index (Phi) is 5.43. The molecule has 0 aliphatic rings. The Morgan fingerprint density at radius 2 is 1.89 bits per heavy atom. The van der Waals surface area contributed by atoms with Gasteiger partial charge in [-0.25, -0.2) is 13.0 Å². The van der Waals surface area contributed by atoms with E-state index >= 15 is 0 Å². The molecule has 0 spiro atoms. The molecule has 12 heteroatoms. The highest BCUT2D eigenvalue weighted by Gasteiger charge is 2.26. The standard InChI is InChI=1S/C16H14N3O7PS/c20-19(21)13-4-6-14(7-5-13)26-27(22,23)11-18-28(24,25)16-3-1-2-12-10-17-9-8-15(12)16/h1-10,18H,11H2,(H,22,23). The Balaban J connectivity index is 1.75. The Morgan fingerprint density at radius 3 is 2.57 bits per heavy atom. The summed E-state index contributed by atoms with van der Waals surface area (Å²) in [6, 6.07) is 10.6. The van der Waals surface area contributed by atoms with Gasteiger partial charge in [0.15, 0.2) is 0 Å². The average molecular weight is 423 g/mol. The summed E-state index contributed by atoms with van der Waals surface area (Å²) in [5.74, 6) is -0.105. The van der Waals surface area contributed by atoms with Crippen LogP contribution in [0.25, 0.3) is 10.8 Å². The molecule has 2 N–H and O–H groups in total. The molecule has 0 amide bonds. The maximum Gasteiger partial charge on any atom is 0.391 e.